The van der Waals surface area contributed by atoms with Crippen LogP contribution in [0.25, 0.3) is 23.0 Å². The van der Waals surface area contributed by atoms with Crippen molar-refractivity contribution in [1.29, 1.82) is 5.26 Å². The largest absolute Gasteiger partial charge is 0.352 e. The van der Waals surface area contributed by atoms with Gasteiger partial charge in [0.05, 0.1) is 11.8 Å². The van der Waals surface area contributed by atoms with Gasteiger partial charge in [-0.2, -0.15) is 10.2 Å². The Morgan fingerprint density at radius 1 is 1.33 bits per heavy atom. The van der Waals surface area contributed by atoms with E-state index in [9.17, 15) is 0 Å². The zero-order valence-electron chi connectivity index (χ0n) is 9.03. The summed E-state index contributed by atoms with van der Waals surface area (Å²) < 4.78 is 5.10. The molecule has 18 heavy (non-hydrogen) atoms. The number of H-pyrrole nitrogens is 1. The number of hydrogen-bond acceptors (Lipinski definition) is 6. The maximum absolute atomic E-state index is 8.71. The second kappa shape index (κ2) is 4.10. The smallest absolute Gasteiger partial charge is 0.259 e. The Balaban J connectivity index is 1.97. The van der Waals surface area contributed by atoms with Gasteiger partial charge >= 0.3 is 0 Å². The summed E-state index contributed by atoms with van der Waals surface area (Å²) in [4.78, 5) is 15.0. The van der Waals surface area contributed by atoms with Gasteiger partial charge in [0.25, 0.3) is 5.89 Å². The molecule has 0 atom stereocenters. The van der Waals surface area contributed by atoms with E-state index in [2.05, 4.69) is 25.1 Å². The van der Waals surface area contributed by atoms with Crippen LogP contribution < -0.4 is 0 Å². The van der Waals surface area contributed by atoms with E-state index in [1.54, 1.807) is 30.9 Å². The maximum atomic E-state index is 8.71. The van der Waals surface area contributed by atoms with Crippen molar-refractivity contribution >= 4 is 0 Å². The van der Waals surface area contributed by atoms with Crippen LogP contribution in [0.4, 0.5) is 0 Å². The lowest BCUT2D eigenvalue weighted by molar-refractivity contribution is 0.432. The van der Waals surface area contributed by atoms with Crippen molar-refractivity contribution in [3.05, 3.63) is 36.5 Å². The molecule has 0 unspecified atom stereocenters. The van der Waals surface area contributed by atoms with Gasteiger partial charge in [-0.15, -0.1) is 0 Å². The first-order valence-electron chi connectivity index (χ1n) is 5.06. The quantitative estimate of drug-likeness (QED) is 0.723. The number of nitrogens with one attached hydrogen (secondary N) is 1. The van der Waals surface area contributed by atoms with Crippen molar-refractivity contribution in [2.75, 3.05) is 0 Å². The van der Waals surface area contributed by atoms with Gasteiger partial charge in [-0.25, -0.2) is 4.98 Å². The summed E-state index contributed by atoms with van der Waals surface area (Å²) in [5.41, 5.74) is 1.63. The van der Waals surface area contributed by atoms with Crippen LogP contribution in [-0.2, 0) is 0 Å². The van der Waals surface area contributed by atoms with E-state index in [1.807, 2.05) is 6.07 Å². The summed E-state index contributed by atoms with van der Waals surface area (Å²) in [6.45, 7) is 0. The molecule has 0 radical (unpaired) electrons. The molecule has 0 spiro atoms. The Hall–Kier alpha value is -3.01. The van der Waals surface area contributed by atoms with Gasteiger partial charge in [0.1, 0.15) is 17.5 Å². The van der Waals surface area contributed by atoms with Crippen molar-refractivity contribution in [2.24, 2.45) is 0 Å². The molecule has 0 fully saturated rings. The lowest BCUT2D eigenvalue weighted by Gasteiger charge is -1.88. The van der Waals surface area contributed by atoms with Crippen LogP contribution >= 0.6 is 0 Å². The standard InChI is InChI=1S/C11H6N6O/c12-4-8-3-7(5-15-8)11-16-10(17-18-11)9-6-13-1-2-14-9/h1-3,5-6,15H. The second-order valence-corrected chi connectivity index (χ2v) is 3.43. The third kappa shape index (κ3) is 1.72. The minimum absolute atomic E-state index is 0.327. The van der Waals surface area contributed by atoms with Crippen molar-refractivity contribution < 1.29 is 4.52 Å². The molecule has 0 bridgehead atoms. The summed E-state index contributed by atoms with van der Waals surface area (Å²) in [7, 11) is 0. The molecule has 7 heteroatoms. The zero-order valence-corrected chi connectivity index (χ0v) is 9.03. The summed E-state index contributed by atoms with van der Waals surface area (Å²) in [5, 5.41) is 12.5. The maximum Gasteiger partial charge on any atom is 0.259 e. The number of hydrogen-bond donors (Lipinski definition) is 1. The molecule has 0 aliphatic rings. The predicted molar refractivity (Wildman–Crippen MR) is 59.8 cm³/mol. The van der Waals surface area contributed by atoms with Crippen LogP contribution in [0.15, 0.2) is 35.4 Å². The van der Waals surface area contributed by atoms with E-state index in [4.69, 9.17) is 9.78 Å². The Labute approximate surface area is 101 Å². The Bertz CT molecular complexity index is 708. The fraction of sp³-hybridized carbons (Fsp3) is 0. The van der Waals surface area contributed by atoms with Crippen molar-refractivity contribution in [1.82, 2.24) is 25.1 Å². The van der Waals surface area contributed by atoms with Gasteiger partial charge in [-0.3, -0.25) is 4.98 Å². The molecule has 86 valence electrons. The molecule has 0 aliphatic carbocycles. The van der Waals surface area contributed by atoms with Gasteiger partial charge in [-0.1, -0.05) is 5.16 Å². The Kier molecular flexibility index (Phi) is 2.32. The molecule has 0 aromatic carbocycles. The highest BCUT2D eigenvalue weighted by molar-refractivity contribution is 5.57. The third-order valence-electron chi connectivity index (χ3n) is 2.27. The molecular formula is C11H6N6O. The molecule has 3 heterocycles. The number of nitriles is 1. The van der Waals surface area contributed by atoms with Crippen molar-refractivity contribution in [3.8, 4) is 29.0 Å². The summed E-state index contributed by atoms with van der Waals surface area (Å²) in [6, 6.07) is 3.62. The van der Waals surface area contributed by atoms with Crippen LogP contribution in [0, 0.1) is 11.3 Å². The third-order valence-corrected chi connectivity index (χ3v) is 2.27. The number of aromatic amines is 1. The normalized spacial score (nSPS) is 10.2. The van der Waals surface area contributed by atoms with Gasteiger partial charge in [-0.05, 0) is 6.07 Å². The summed E-state index contributed by atoms with van der Waals surface area (Å²) >= 11 is 0. The van der Waals surface area contributed by atoms with E-state index in [-0.39, 0.29) is 0 Å². The number of nitrogens with zero attached hydrogens (tertiary/aromatic N) is 5. The van der Waals surface area contributed by atoms with E-state index < -0.39 is 0 Å². The van der Waals surface area contributed by atoms with Crippen molar-refractivity contribution in [3.63, 3.8) is 0 Å². The average Bonchev–Trinajstić information content (AvgIpc) is 3.08. The van der Waals surface area contributed by atoms with E-state index >= 15 is 0 Å². The predicted octanol–water partition coefficient (Wildman–Crippen LogP) is 1.39. The molecule has 0 saturated carbocycles. The van der Waals surface area contributed by atoms with Gasteiger partial charge in [0, 0.05) is 18.6 Å². The number of aromatic nitrogens is 5. The molecule has 3 aromatic heterocycles. The first-order chi connectivity index (χ1) is 8.86. The van der Waals surface area contributed by atoms with Crippen LogP contribution in [0.2, 0.25) is 0 Å². The van der Waals surface area contributed by atoms with E-state index in [1.165, 1.54) is 0 Å². The lowest BCUT2D eigenvalue weighted by atomic mass is 10.3. The fourth-order valence-electron chi connectivity index (χ4n) is 1.44. The van der Waals surface area contributed by atoms with Crippen LogP contribution in [0.3, 0.4) is 0 Å². The topological polar surface area (TPSA) is 104 Å². The zero-order chi connectivity index (χ0) is 12.4. The molecule has 0 aliphatic heterocycles. The molecule has 0 saturated heterocycles. The first kappa shape index (κ1) is 10.2. The van der Waals surface area contributed by atoms with E-state index in [0.29, 0.717) is 28.7 Å². The minimum atomic E-state index is 0.327. The highest BCUT2D eigenvalue weighted by Gasteiger charge is 2.12. The summed E-state index contributed by atoms with van der Waals surface area (Å²) in [5.74, 6) is 0.686. The highest BCUT2D eigenvalue weighted by Crippen LogP contribution is 2.20. The van der Waals surface area contributed by atoms with Gasteiger partial charge in [0.2, 0.25) is 5.82 Å². The minimum Gasteiger partial charge on any atom is -0.352 e. The molecule has 0 amide bonds. The van der Waals surface area contributed by atoms with Gasteiger partial charge in [0.15, 0.2) is 0 Å². The molecular weight excluding hydrogens is 232 g/mol. The average molecular weight is 238 g/mol. The molecule has 1 N–H and O–H groups in total. The number of rotatable bonds is 2. The Morgan fingerprint density at radius 2 is 2.28 bits per heavy atom. The van der Waals surface area contributed by atoms with Crippen molar-refractivity contribution in [2.45, 2.75) is 0 Å². The van der Waals surface area contributed by atoms with E-state index in [0.717, 1.165) is 0 Å². The van der Waals surface area contributed by atoms with Gasteiger partial charge < -0.3 is 9.51 Å². The fourth-order valence-corrected chi connectivity index (χ4v) is 1.44. The Morgan fingerprint density at radius 3 is 3.00 bits per heavy atom. The molecule has 3 rings (SSSR count). The monoisotopic (exact) mass is 238 g/mol. The highest BCUT2D eigenvalue weighted by atomic mass is 16.5. The second-order valence-electron chi connectivity index (χ2n) is 3.43. The molecule has 7 nitrogen and oxygen atoms in total. The van der Waals surface area contributed by atoms with Crippen LogP contribution in [0.1, 0.15) is 5.69 Å². The lowest BCUT2D eigenvalue weighted by Crippen LogP contribution is -1.85. The summed E-state index contributed by atoms with van der Waals surface area (Å²) in [6.07, 6.45) is 6.30. The molecule has 3 aromatic rings. The SMILES string of the molecule is N#Cc1cc(-c2nc(-c3cnccn3)no2)c[nH]1. The van der Waals surface area contributed by atoms with Crippen LogP contribution in [-0.4, -0.2) is 25.1 Å². The first-order valence-corrected chi connectivity index (χ1v) is 5.06. The van der Waals surface area contributed by atoms with Crippen LogP contribution in [0.5, 0.6) is 0 Å².